The first kappa shape index (κ1) is 16.0. The standard InChI is InChI=1S/C15H14F2N2O3S/c1-23(21)12-6-19-15(10-5-11(17)14(20)13(10)12)22-9-3-7(16)2-8(18)4-9/h2-4,6,11,14,20H,5,18H2,1H3. The number of halogens is 2. The molecule has 1 aliphatic rings. The smallest absolute Gasteiger partial charge is 0.223 e. The Morgan fingerprint density at radius 1 is 1.43 bits per heavy atom. The van der Waals surface area contributed by atoms with E-state index < -0.39 is 29.3 Å². The Morgan fingerprint density at radius 2 is 2.17 bits per heavy atom. The molecule has 1 aliphatic carbocycles. The summed E-state index contributed by atoms with van der Waals surface area (Å²) < 4.78 is 44.5. The van der Waals surface area contributed by atoms with Gasteiger partial charge in [-0.3, -0.25) is 0 Å². The Balaban J connectivity index is 2.05. The van der Waals surface area contributed by atoms with Gasteiger partial charge in [0.25, 0.3) is 0 Å². The molecule has 0 radical (unpaired) electrons. The Kier molecular flexibility index (Phi) is 4.13. The molecule has 1 aromatic heterocycles. The lowest BCUT2D eigenvalue weighted by Gasteiger charge is -2.14. The number of nitrogens with zero attached hydrogens (tertiary/aromatic N) is 1. The van der Waals surface area contributed by atoms with Crippen LogP contribution in [-0.4, -0.2) is 27.1 Å². The van der Waals surface area contributed by atoms with E-state index in [9.17, 15) is 18.4 Å². The van der Waals surface area contributed by atoms with Crippen LogP contribution in [0.4, 0.5) is 14.5 Å². The second-order valence-electron chi connectivity index (χ2n) is 5.26. The number of alkyl halides is 1. The fourth-order valence-corrected chi connectivity index (χ4v) is 3.36. The maximum absolute atomic E-state index is 13.9. The van der Waals surface area contributed by atoms with Crippen molar-refractivity contribution in [3.8, 4) is 11.6 Å². The second kappa shape index (κ2) is 5.95. The first-order valence-electron chi connectivity index (χ1n) is 6.78. The van der Waals surface area contributed by atoms with Crippen molar-refractivity contribution in [2.75, 3.05) is 12.0 Å². The lowest BCUT2D eigenvalue weighted by atomic mass is 10.1. The third-order valence-corrected chi connectivity index (χ3v) is 4.55. The van der Waals surface area contributed by atoms with Crippen LogP contribution in [-0.2, 0) is 17.6 Å². The van der Waals surface area contributed by atoms with E-state index in [-0.39, 0.29) is 34.2 Å². The molecule has 0 aliphatic heterocycles. The highest BCUT2D eigenvalue weighted by Crippen LogP contribution is 2.42. The van der Waals surface area contributed by atoms with Crippen LogP contribution in [0.3, 0.4) is 0 Å². The van der Waals surface area contributed by atoms with Gasteiger partial charge in [-0.1, -0.05) is 0 Å². The number of nitrogens with two attached hydrogens (primary N) is 1. The van der Waals surface area contributed by atoms with Crippen molar-refractivity contribution < 1.29 is 23.2 Å². The van der Waals surface area contributed by atoms with E-state index in [1.165, 1.54) is 18.5 Å². The van der Waals surface area contributed by atoms with E-state index in [2.05, 4.69) is 4.98 Å². The quantitative estimate of drug-likeness (QED) is 0.660. The molecule has 3 rings (SSSR count). The van der Waals surface area contributed by atoms with Gasteiger partial charge in [-0.25, -0.2) is 13.8 Å². The molecule has 1 heterocycles. The lowest BCUT2D eigenvalue weighted by molar-refractivity contribution is 0.0907. The van der Waals surface area contributed by atoms with Crippen LogP contribution in [0.1, 0.15) is 17.2 Å². The van der Waals surface area contributed by atoms with Crippen LogP contribution in [0.5, 0.6) is 11.6 Å². The van der Waals surface area contributed by atoms with Crippen molar-refractivity contribution in [1.82, 2.24) is 4.98 Å². The molecule has 23 heavy (non-hydrogen) atoms. The fraction of sp³-hybridized carbons (Fsp3) is 0.267. The zero-order valence-corrected chi connectivity index (χ0v) is 12.9. The van der Waals surface area contributed by atoms with E-state index in [1.54, 1.807) is 0 Å². The van der Waals surface area contributed by atoms with Gasteiger partial charge in [0.1, 0.15) is 30.1 Å². The van der Waals surface area contributed by atoms with Gasteiger partial charge in [0.15, 0.2) is 4.90 Å². The molecule has 122 valence electrons. The van der Waals surface area contributed by atoms with Gasteiger partial charge in [0, 0.05) is 35.4 Å². The van der Waals surface area contributed by atoms with Crippen LogP contribution in [0.25, 0.3) is 0 Å². The third-order valence-electron chi connectivity index (χ3n) is 3.60. The average Bonchev–Trinajstić information content (AvgIpc) is 2.75. The largest absolute Gasteiger partial charge is 0.612 e. The minimum Gasteiger partial charge on any atom is -0.612 e. The number of rotatable bonds is 3. The van der Waals surface area contributed by atoms with Crippen LogP contribution >= 0.6 is 0 Å². The first-order valence-corrected chi connectivity index (χ1v) is 8.34. The molecule has 3 N–H and O–H groups in total. The highest BCUT2D eigenvalue weighted by atomic mass is 32.2. The van der Waals surface area contributed by atoms with Crippen LogP contribution in [0.2, 0.25) is 0 Å². The monoisotopic (exact) mass is 340 g/mol. The Labute approximate surface area is 134 Å². The highest BCUT2D eigenvalue weighted by molar-refractivity contribution is 7.90. The van der Waals surface area contributed by atoms with E-state index in [1.807, 2.05) is 0 Å². The number of fused-ring (bicyclic) bond motifs is 1. The lowest BCUT2D eigenvalue weighted by Crippen LogP contribution is -2.10. The summed E-state index contributed by atoms with van der Waals surface area (Å²) in [5.41, 5.74) is 6.29. The van der Waals surface area contributed by atoms with Crippen LogP contribution in [0.15, 0.2) is 29.3 Å². The van der Waals surface area contributed by atoms with Crippen molar-refractivity contribution in [2.24, 2.45) is 0 Å². The fourth-order valence-electron chi connectivity index (χ4n) is 2.61. The molecule has 0 bridgehead atoms. The van der Waals surface area contributed by atoms with Gasteiger partial charge in [0.05, 0.1) is 6.20 Å². The van der Waals surface area contributed by atoms with Gasteiger partial charge < -0.3 is 20.1 Å². The van der Waals surface area contributed by atoms with Gasteiger partial charge in [-0.2, -0.15) is 0 Å². The normalized spacial score (nSPS) is 21.1. The molecule has 0 amide bonds. The molecule has 0 saturated carbocycles. The number of hydrogen-bond acceptors (Lipinski definition) is 5. The number of aliphatic hydroxyl groups is 1. The Morgan fingerprint density at radius 3 is 2.83 bits per heavy atom. The molecule has 8 heteroatoms. The second-order valence-corrected chi connectivity index (χ2v) is 6.61. The first-order chi connectivity index (χ1) is 10.9. The van der Waals surface area contributed by atoms with E-state index in [0.717, 1.165) is 12.1 Å². The molecule has 3 unspecified atom stereocenters. The van der Waals surface area contributed by atoms with Crippen molar-refractivity contribution in [3.05, 3.63) is 41.3 Å². The van der Waals surface area contributed by atoms with E-state index in [0.29, 0.717) is 5.56 Å². The summed E-state index contributed by atoms with van der Waals surface area (Å²) >= 11 is -1.43. The molecule has 0 spiro atoms. The summed E-state index contributed by atoms with van der Waals surface area (Å²) in [6.45, 7) is 0. The van der Waals surface area contributed by atoms with Crippen LogP contribution in [0, 0.1) is 5.82 Å². The van der Waals surface area contributed by atoms with Crippen LogP contribution < -0.4 is 10.5 Å². The Hall–Kier alpha value is -1.90. The van der Waals surface area contributed by atoms with E-state index >= 15 is 0 Å². The Bertz CT molecular complexity index is 737. The summed E-state index contributed by atoms with van der Waals surface area (Å²) in [6.07, 6.45) is -0.338. The molecule has 0 fully saturated rings. The number of benzene rings is 1. The third kappa shape index (κ3) is 2.97. The zero-order chi connectivity index (χ0) is 16.7. The summed E-state index contributed by atoms with van der Waals surface area (Å²) in [6, 6.07) is 3.66. The minimum atomic E-state index is -1.53. The number of ether oxygens (including phenoxy) is 1. The molecular formula is C15H14F2N2O3S. The maximum atomic E-state index is 13.9. The average molecular weight is 340 g/mol. The number of anilines is 1. The van der Waals surface area contributed by atoms with Gasteiger partial charge in [0.2, 0.25) is 5.88 Å². The molecule has 5 nitrogen and oxygen atoms in total. The molecular weight excluding hydrogens is 326 g/mol. The SMILES string of the molecule is C[S+]([O-])c1cnc(Oc2cc(N)cc(F)c2)c2c1C(O)C(F)C2. The predicted octanol–water partition coefficient (Wildman–Crippen LogP) is 2.26. The topological polar surface area (TPSA) is 91.4 Å². The highest BCUT2D eigenvalue weighted by Gasteiger charge is 2.39. The van der Waals surface area contributed by atoms with Gasteiger partial charge in [-0.05, 0) is 17.2 Å². The number of hydrogen-bond donors (Lipinski definition) is 2. The molecule has 2 aromatic rings. The summed E-state index contributed by atoms with van der Waals surface area (Å²) in [7, 11) is 0. The number of aliphatic hydroxyl groups excluding tert-OH is 1. The summed E-state index contributed by atoms with van der Waals surface area (Å²) in [5.74, 6) is -0.427. The van der Waals surface area contributed by atoms with Gasteiger partial charge in [-0.15, -0.1) is 0 Å². The molecule has 0 saturated heterocycles. The van der Waals surface area contributed by atoms with E-state index in [4.69, 9.17) is 10.5 Å². The van der Waals surface area contributed by atoms with Crippen molar-refractivity contribution in [3.63, 3.8) is 0 Å². The summed E-state index contributed by atoms with van der Waals surface area (Å²) in [5, 5.41) is 9.99. The predicted molar refractivity (Wildman–Crippen MR) is 81.0 cm³/mol. The maximum Gasteiger partial charge on any atom is 0.223 e. The van der Waals surface area contributed by atoms with Crippen molar-refractivity contribution in [2.45, 2.75) is 23.6 Å². The molecule has 1 aromatic carbocycles. The zero-order valence-electron chi connectivity index (χ0n) is 12.1. The molecule has 3 atom stereocenters. The number of aromatic nitrogens is 1. The summed E-state index contributed by atoms with van der Waals surface area (Å²) in [4.78, 5) is 4.30. The van der Waals surface area contributed by atoms with Crippen molar-refractivity contribution >= 4 is 16.9 Å². The number of pyridine rings is 1. The van der Waals surface area contributed by atoms with Gasteiger partial charge >= 0.3 is 0 Å². The minimum absolute atomic E-state index is 0.0402. The van der Waals surface area contributed by atoms with Crippen molar-refractivity contribution in [1.29, 1.82) is 0 Å². The number of nitrogen functional groups attached to an aromatic ring is 1.